The maximum Gasteiger partial charge on any atom is 0.0917 e. The molecule has 0 aliphatic rings. The van der Waals surface area contributed by atoms with Gasteiger partial charge in [0.2, 0.25) is 0 Å². The van der Waals surface area contributed by atoms with E-state index in [2.05, 4.69) is 10.3 Å². The standard InChI is InChI=1S/C11H20N4O/c1-11(16,8-15(2)3)7-14-10-4-5-13-6-9(10)12/h4-6,16H,7-8,12H2,1-3H3,(H,13,14). The Morgan fingerprint density at radius 1 is 1.56 bits per heavy atom. The number of aliphatic hydroxyl groups is 1. The molecule has 0 aliphatic carbocycles. The van der Waals surface area contributed by atoms with Gasteiger partial charge in [-0.3, -0.25) is 4.98 Å². The predicted molar refractivity (Wildman–Crippen MR) is 66.3 cm³/mol. The molecule has 1 aromatic rings. The van der Waals surface area contributed by atoms with E-state index in [1.807, 2.05) is 19.0 Å². The first-order valence-corrected chi connectivity index (χ1v) is 5.21. The molecule has 5 nitrogen and oxygen atoms in total. The van der Waals surface area contributed by atoms with Gasteiger partial charge in [-0.1, -0.05) is 0 Å². The lowest BCUT2D eigenvalue weighted by atomic mass is 10.1. The molecule has 5 heteroatoms. The van der Waals surface area contributed by atoms with E-state index in [4.69, 9.17) is 5.73 Å². The fourth-order valence-corrected chi connectivity index (χ4v) is 1.59. The molecule has 90 valence electrons. The maximum absolute atomic E-state index is 10.1. The predicted octanol–water partition coefficient (Wildman–Crippen LogP) is 0.388. The van der Waals surface area contributed by atoms with Gasteiger partial charge in [-0.05, 0) is 27.1 Å². The molecule has 1 atom stereocenters. The van der Waals surface area contributed by atoms with Crippen molar-refractivity contribution < 1.29 is 5.11 Å². The molecule has 16 heavy (non-hydrogen) atoms. The Morgan fingerprint density at radius 2 is 2.25 bits per heavy atom. The summed E-state index contributed by atoms with van der Waals surface area (Å²) in [6.07, 6.45) is 3.25. The second kappa shape index (κ2) is 5.14. The first-order chi connectivity index (χ1) is 7.41. The van der Waals surface area contributed by atoms with Crippen molar-refractivity contribution in [3.8, 4) is 0 Å². The van der Waals surface area contributed by atoms with Crippen molar-refractivity contribution in [1.82, 2.24) is 9.88 Å². The molecule has 0 spiro atoms. The molecular weight excluding hydrogens is 204 g/mol. The molecule has 0 bridgehead atoms. The molecular formula is C11H20N4O. The zero-order valence-corrected chi connectivity index (χ0v) is 10.1. The molecule has 0 saturated heterocycles. The van der Waals surface area contributed by atoms with Crippen LogP contribution in [0, 0.1) is 0 Å². The molecule has 1 aromatic heterocycles. The van der Waals surface area contributed by atoms with E-state index in [0.29, 0.717) is 18.8 Å². The van der Waals surface area contributed by atoms with Crippen molar-refractivity contribution in [3.05, 3.63) is 18.5 Å². The van der Waals surface area contributed by atoms with E-state index < -0.39 is 5.60 Å². The summed E-state index contributed by atoms with van der Waals surface area (Å²) in [6, 6.07) is 1.79. The summed E-state index contributed by atoms with van der Waals surface area (Å²) in [5.74, 6) is 0. The summed E-state index contributed by atoms with van der Waals surface area (Å²) < 4.78 is 0. The van der Waals surface area contributed by atoms with Crippen molar-refractivity contribution in [2.45, 2.75) is 12.5 Å². The monoisotopic (exact) mass is 224 g/mol. The Morgan fingerprint density at radius 3 is 2.81 bits per heavy atom. The van der Waals surface area contributed by atoms with E-state index in [-0.39, 0.29) is 0 Å². The Labute approximate surface area is 96.3 Å². The van der Waals surface area contributed by atoms with E-state index in [1.165, 1.54) is 0 Å². The average Bonchev–Trinajstić information content (AvgIpc) is 2.14. The van der Waals surface area contributed by atoms with Crippen LogP contribution < -0.4 is 11.1 Å². The van der Waals surface area contributed by atoms with Crippen molar-refractivity contribution in [2.75, 3.05) is 38.2 Å². The van der Waals surface area contributed by atoms with Crippen LogP contribution in [-0.2, 0) is 0 Å². The lowest BCUT2D eigenvalue weighted by Crippen LogP contribution is -2.43. The number of pyridine rings is 1. The summed E-state index contributed by atoms with van der Waals surface area (Å²) in [5, 5.41) is 13.2. The molecule has 1 rings (SSSR count). The fourth-order valence-electron chi connectivity index (χ4n) is 1.59. The van der Waals surface area contributed by atoms with Crippen molar-refractivity contribution in [1.29, 1.82) is 0 Å². The summed E-state index contributed by atoms with van der Waals surface area (Å²) >= 11 is 0. The highest BCUT2D eigenvalue weighted by Crippen LogP contribution is 2.16. The van der Waals surface area contributed by atoms with E-state index in [0.717, 1.165) is 5.69 Å². The van der Waals surface area contributed by atoms with Crippen LogP contribution in [-0.4, -0.2) is 47.8 Å². The summed E-state index contributed by atoms with van der Waals surface area (Å²) in [6.45, 7) is 2.82. The number of nitrogens with one attached hydrogen (secondary N) is 1. The Hall–Kier alpha value is -1.33. The average molecular weight is 224 g/mol. The minimum absolute atomic E-state index is 0.444. The smallest absolute Gasteiger partial charge is 0.0917 e. The quantitative estimate of drug-likeness (QED) is 0.674. The number of rotatable bonds is 5. The first kappa shape index (κ1) is 12.7. The zero-order chi connectivity index (χ0) is 12.2. The number of hydrogen-bond acceptors (Lipinski definition) is 5. The number of anilines is 2. The van der Waals surface area contributed by atoms with Gasteiger partial charge in [0, 0.05) is 19.3 Å². The van der Waals surface area contributed by atoms with Crippen molar-refractivity contribution in [3.63, 3.8) is 0 Å². The Balaban J connectivity index is 2.54. The normalized spacial score (nSPS) is 14.8. The van der Waals surface area contributed by atoms with Crippen LogP contribution in [0.15, 0.2) is 18.5 Å². The SMILES string of the molecule is CN(C)CC(C)(O)CNc1ccncc1N. The topological polar surface area (TPSA) is 74.4 Å². The van der Waals surface area contributed by atoms with Crippen LogP contribution in [0.5, 0.6) is 0 Å². The number of hydrogen-bond donors (Lipinski definition) is 3. The van der Waals surface area contributed by atoms with E-state index in [9.17, 15) is 5.11 Å². The summed E-state index contributed by atoms with van der Waals surface area (Å²) in [4.78, 5) is 5.84. The third kappa shape index (κ3) is 4.04. The van der Waals surface area contributed by atoms with Gasteiger partial charge in [0.05, 0.1) is 23.2 Å². The fraction of sp³-hybridized carbons (Fsp3) is 0.545. The van der Waals surface area contributed by atoms with Crippen LogP contribution in [0.4, 0.5) is 11.4 Å². The van der Waals surface area contributed by atoms with Crippen LogP contribution in [0.25, 0.3) is 0 Å². The van der Waals surface area contributed by atoms with Crippen LogP contribution in [0.1, 0.15) is 6.92 Å². The van der Waals surface area contributed by atoms with E-state index in [1.54, 1.807) is 25.4 Å². The van der Waals surface area contributed by atoms with E-state index >= 15 is 0 Å². The molecule has 4 N–H and O–H groups in total. The molecule has 0 aliphatic heterocycles. The zero-order valence-electron chi connectivity index (χ0n) is 10.1. The second-order valence-corrected chi connectivity index (χ2v) is 4.55. The van der Waals surface area contributed by atoms with Gasteiger partial charge in [-0.25, -0.2) is 0 Å². The summed E-state index contributed by atoms with van der Waals surface area (Å²) in [5.41, 5.74) is 6.33. The first-order valence-electron chi connectivity index (χ1n) is 5.21. The molecule has 0 aromatic carbocycles. The Bertz CT molecular complexity index is 339. The van der Waals surface area contributed by atoms with Gasteiger partial charge in [0.1, 0.15) is 0 Å². The van der Waals surface area contributed by atoms with Crippen molar-refractivity contribution >= 4 is 11.4 Å². The molecule has 1 heterocycles. The highest BCUT2D eigenvalue weighted by molar-refractivity contribution is 5.64. The Kier molecular flexibility index (Phi) is 4.09. The van der Waals surface area contributed by atoms with Gasteiger partial charge in [0.25, 0.3) is 0 Å². The molecule has 0 saturated carbocycles. The number of likely N-dealkylation sites (N-methyl/N-ethyl adjacent to an activating group) is 1. The largest absolute Gasteiger partial charge is 0.396 e. The summed E-state index contributed by atoms with van der Waals surface area (Å²) in [7, 11) is 3.85. The highest BCUT2D eigenvalue weighted by Gasteiger charge is 2.21. The second-order valence-electron chi connectivity index (χ2n) is 4.55. The molecule has 0 fully saturated rings. The van der Waals surface area contributed by atoms with Crippen LogP contribution in [0.3, 0.4) is 0 Å². The highest BCUT2D eigenvalue weighted by atomic mass is 16.3. The third-order valence-corrected chi connectivity index (χ3v) is 2.17. The van der Waals surface area contributed by atoms with Gasteiger partial charge >= 0.3 is 0 Å². The van der Waals surface area contributed by atoms with Gasteiger partial charge in [-0.2, -0.15) is 0 Å². The van der Waals surface area contributed by atoms with Crippen LogP contribution >= 0.6 is 0 Å². The molecule has 0 amide bonds. The lowest BCUT2D eigenvalue weighted by molar-refractivity contribution is 0.0460. The number of nitrogens with zero attached hydrogens (tertiary/aromatic N) is 2. The van der Waals surface area contributed by atoms with Crippen LogP contribution in [0.2, 0.25) is 0 Å². The lowest BCUT2D eigenvalue weighted by Gasteiger charge is -2.27. The van der Waals surface area contributed by atoms with Gasteiger partial charge in [0.15, 0.2) is 0 Å². The van der Waals surface area contributed by atoms with Crippen molar-refractivity contribution in [2.24, 2.45) is 0 Å². The van der Waals surface area contributed by atoms with Gasteiger partial charge < -0.3 is 21.1 Å². The molecule has 0 radical (unpaired) electrons. The number of aromatic nitrogens is 1. The maximum atomic E-state index is 10.1. The van der Waals surface area contributed by atoms with Gasteiger partial charge in [-0.15, -0.1) is 0 Å². The number of nitrogen functional groups attached to an aromatic ring is 1. The third-order valence-electron chi connectivity index (χ3n) is 2.17. The minimum atomic E-state index is -0.792. The molecule has 1 unspecified atom stereocenters. The number of nitrogens with two attached hydrogens (primary N) is 1. The minimum Gasteiger partial charge on any atom is -0.396 e.